The Morgan fingerprint density at radius 1 is 1.33 bits per heavy atom. The van der Waals surface area contributed by atoms with E-state index < -0.39 is 0 Å². The first-order chi connectivity index (χ1) is 10.1. The van der Waals surface area contributed by atoms with E-state index >= 15 is 0 Å². The molecule has 0 unspecified atom stereocenters. The Labute approximate surface area is 139 Å². The molecule has 2 aromatic rings. The predicted molar refractivity (Wildman–Crippen MR) is 95.2 cm³/mol. The van der Waals surface area contributed by atoms with Gasteiger partial charge in [0, 0.05) is 40.7 Å². The second kappa shape index (κ2) is 6.51. The molecule has 0 saturated carbocycles. The molecule has 2 heterocycles. The van der Waals surface area contributed by atoms with Crippen LogP contribution < -0.4 is 10.2 Å². The zero-order valence-corrected chi connectivity index (χ0v) is 14.9. The molecule has 1 aromatic carbocycles. The van der Waals surface area contributed by atoms with Crippen LogP contribution in [0.15, 0.2) is 34.1 Å². The fourth-order valence-corrected chi connectivity index (χ4v) is 4.07. The van der Waals surface area contributed by atoms with Crippen LogP contribution in [0.25, 0.3) is 0 Å². The number of halogens is 1. The first kappa shape index (κ1) is 15.1. The predicted octanol–water partition coefficient (Wildman–Crippen LogP) is 4.57. The summed E-state index contributed by atoms with van der Waals surface area (Å²) in [5, 5.41) is 5.76. The summed E-state index contributed by atoms with van der Waals surface area (Å²) in [6, 6.07) is 9.42. The topological polar surface area (TPSA) is 15.3 Å². The lowest BCUT2D eigenvalue weighted by Crippen LogP contribution is -2.31. The van der Waals surface area contributed by atoms with Crippen molar-refractivity contribution in [2.75, 3.05) is 11.4 Å². The summed E-state index contributed by atoms with van der Waals surface area (Å²) in [6.45, 7) is 7.45. The largest absolute Gasteiger partial charge is 0.367 e. The standard InChI is InChI=1S/C17H21BrN2S/c1-12(2)19-10-14-9-15(18)3-4-16(14)20-7-5-17-13(11-20)6-8-21-17/h3-4,6,8-9,12,19H,5,7,10-11H2,1-2H3. The normalized spacial score (nSPS) is 14.6. The fraction of sp³-hybridized carbons (Fsp3) is 0.412. The Morgan fingerprint density at radius 2 is 2.19 bits per heavy atom. The van der Waals surface area contributed by atoms with Crippen molar-refractivity contribution in [3.05, 3.63) is 50.1 Å². The quantitative estimate of drug-likeness (QED) is 0.854. The lowest BCUT2D eigenvalue weighted by atomic mass is 10.1. The Balaban J connectivity index is 1.84. The van der Waals surface area contributed by atoms with Crippen molar-refractivity contribution < 1.29 is 0 Å². The summed E-state index contributed by atoms with van der Waals surface area (Å²) < 4.78 is 1.15. The lowest BCUT2D eigenvalue weighted by molar-refractivity contribution is 0.587. The molecule has 0 spiro atoms. The van der Waals surface area contributed by atoms with Crippen LogP contribution in [0.3, 0.4) is 0 Å². The minimum Gasteiger partial charge on any atom is -0.367 e. The average molecular weight is 365 g/mol. The fourth-order valence-electron chi connectivity index (χ4n) is 2.77. The molecule has 1 aliphatic rings. The van der Waals surface area contributed by atoms with E-state index in [0.717, 1.165) is 24.1 Å². The molecule has 112 valence electrons. The molecule has 0 atom stereocenters. The van der Waals surface area contributed by atoms with Gasteiger partial charge in [-0.1, -0.05) is 29.8 Å². The maximum atomic E-state index is 3.60. The van der Waals surface area contributed by atoms with E-state index in [-0.39, 0.29) is 0 Å². The van der Waals surface area contributed by atoms with Gasteiger partial charge < -0.3 is 10.2 Å². The monoisotopic (exact) mass is 364 g/mol. The van der Waals surface area contributed by atoms with E-state index in [4.69, 9.17) is 0 Å². The number of hydrogen-bond acceptors (Lipinski definition) is 3. The number of fused-ring (bicyclic) bond motifs is 1. The molecule has 21 heavy (non-hydrogen) atoms. The van der Waals surface area contributed by atoms with Crippen LogP contribution in [0.2, 0.25) is 0 Å². The highest BCUT2D eigenvalue weighted by atomic mass is 79.9. The van der Waals surface area contributed by atoms with Crippen molar-refractivity contribution >= 4 is 33.0 Å². The molecule has 0 saturated heterocycles. The van der Waals surface area contributed by atoms with Gasteiger partial charge in [0.25, 0.3) is 0 Å². The molecule has 1 N–H and O–H groups in total. The van der Waals surface area contributed by atoms with Crippen molar-refractivity contribution in [1.29, 1.82) is 0 Å². The molecule has 1 aromatic heterocycles. The summed E-state index contributed by atoms with van der Waals surface area (Å²) in [6.07, 6.45) is 1.17. The summed E-state index contributed by atoms with van der Waals surface area (Å²) in [4.78, 5) is 4.07. The van der Waals surface area contributed by atoms with Crippen LogP contribution in [0.4, 0.5) is 5.69 Å². The third-order valence-corrected chi connectivity index (χ3v) is 5.41. The lowest BCUT2D eigenvalue weighted by Gasteiger charge is -2.31. The van der Waals surface area contributed by atoms with Gasteiger partial charge in [0.2, 0.25) is 0 Å². The zero-order chi connectivity index (χ0) is 14.8. The SMILES string of the molecule is CC(C)NCc1cc(Br)ccc1N1CCc2sccc2C1. The summed E-state index contributed by atoms with van der Waals surface area (Å²) in [5.74, 6) is 0. The molecule has 0 bridgehead atoms. The molecule has 0 amide bonds. The summed E-state index contributed by atoms with van der Waals surface area (Å²) in [5.41, 5.74) is 4.23. The molecule has 4 heteroatoms. The van der Waals surface area contributed by atoms with Gasteiger partial charge in [-0.15, -0.1) is 11.3 Å². The van der Waals surface area contributed by atoms with Gasteiger partial charge >= 0.3 is 0 Å². The van der Waals surface area contributed by atoms with Crippen molar-refractivity contribution in [2.45, 2.75) is 39.4 Å². The van der Waals surface area contributed by atoms with Crippen LogP contribution in [-0.4, -0.2) is 12.6 Å². The van der Waals surface area contributed by atoms with Gasteiger partial charge in [-0.25, -0.2) is 0 Å². The maximum absolute atomic E-state index is 3.60. The molecule has 3 rings (SSSR count). The van der Waals surface area contributed by atoms with E-state index in [1.54, 1.807) is 4.88 Å². The minimum absolute atomic E-state index is 0.502. The number of rotatable bonds is 4. The third kappa shape index (κ3) is 3.50. The van der Waals surface area contributed by atoms with Gasteiger partial charge in [-0.3, -0.25) is 0 Å². The van der Waals surface area contributed by atoms with Gasteiger partial charge in [0.15, 0.2) is 0 Å². The Bertz CT molecular complexity index is 621. The second-order valence-corrected chi connectivity index (χ2v) is 7.77. The highest BCUT2D eigenvalue weighted by Crippen LogP contribution is 2.31. The van der Waals surface area contributed by atoms with Gasteiger partial charge in [0.05, 0.1) is 0 Å². The Hall–Kier alpha value is -0.840. The number of hydrogen-bond donors (Lipinski definition) is 1. The smallest absolute Gasteiger partial charge is 0.0440 e. The van der Waals surface area contributed by atoms with E-state index in [1.165, 1.54) is 23.2 Å². The number of benzene rings is 1. The number of thiophene rings is 1. The van der Waals surface area contributed by atoms with Crippen LogP contribution in [0.1, 0.15) is 29.9 Å². The van der Waals surface area contributed by atoms with E-state index in [0.29, 0.717) is 6.04 Å². The number of anilines is 1. The first-order valence-corrected chi connectivity index (χ1v) is 9.13. The highest BCUT2D eigenvalue weighted by molar-refractivity contribution is 9.10. The van der Waals surface area contributed by atoms with Gasteiger partial charge in [-0.2, -0.15) is 0 Å². The molecule has 0 fully saturated rings. The molecular weight excluding hydrogens is 344 g/mol. The van der Waals surface area contributed by atoms with Gasteiger partial charge in [-0.05, 0) is 47.2 Å². The minimum atomic E-state index is 0.502. The number of nitrogens with one attached hydrogen (secondary N) is 1. The van der Waals surface area contributed by atoms with E-state index in [9.17, 15) is 0 Å². The van der Waals surface area contributed by atoms with Crippen molar-refractivity contribution in [1.82, 2.24) is 5.32 Å². The summed E-state index contributed by atoms with van der Waals surface area (Å²) in [7, 11) is 0. The van der Waals surface area contributed by atoms with Crippen molar-refractivity contribution in [2.24, 2.45) is 0 Å². The van der Waals surface area contributed by atoms with Crippen LogP contribution in [0, 0.1) is 0 Å². The summed E-state index contributed by atoms with van der Waals surface area (Å²) >= 11 is 5.50. The Kier molecular flexibility index (Phi) is 4.67. The molecule has 0 radical (unpaired) electrons. The molecular formula is C17H21BrN2S. The van der Waals surface area contributed by atoms with Crippen LogP contribution in [-0.2, 0) is 19.5 Å². The number of nitrogens with zero attached hydrogens (tertiary/aromatic N) is 1. The van der Waals surface area contributed by atoms with Gasteiger partial charge in [0.1, 0.15) is 0 Å². The van der Waals surface area contributed by atoms with E-state index in [2.05, 4.69) is 69.6 Å². The average Bonchev–Trinajstić information content (AvgIpc) is 2.92. The molecule has 1 aliphatic heterocycles. The van der Waals surface area contributed by atoms with Crippen LogP contribution >= 0.6 is 27.3 Å². The Morgan fingerprint density at radius 3 is 3.00 bits per heavy atom. The first-order valence-electron chi connectivity index (χ1n) is 7.45. The van der Waals surface area contributed by atoms with Crippen LogP contribution in [0.5, 0.6) is 0 Å². The van der Waals surface area contributed by atoms with Crippen molar-refractivity contribution in [3.63, 3.8) is 0 Å². The maximum Gasteiger partial charge on any atom is 0.0440 e. The molecule has 2 nitrogen and oxygen atoms in total. The van der Waals surface area contributed by atoms with Crippen molar-refractivity contribution in [3.8, 4) is 0 Å². The van der Waals surface area contributed by atoms with E-state index in [1.807, 2.05) is 11.3 Å². The molecule has 0 aliphatic carbocycles. The highest BCUT2D eigenvalue weighted by Gasteiger charge is 2.19. The third-order valence-electron chi connectivity index (χ3n) is 3.89. The zero-order valence-electron chi connectivity index (χ0n) is 12.5. The second-order valence-electron chi connectivity index (χ2n) is 5.85.